The van der Waals surface area contributed by atoms with E-state index >= 15 is 0 Å². The van der Waals surface area contributed by atoms with Crippen molar-refractivity contribution in [3.05, 3.63) is 35.4 Å². The molecule has 0 radical (unpaired) electrons. The number of benzene rings is 1. The van der Waals surface area contributed by atoms with E-state index in [1.807, 2.05) is 6.07 Å². The molecule has 0 spiro atoms. The van der Waals surface area contributed by atoms with Gasteiger partial charge in [0.2, 0.25) is 0 Å². The minimum absolute atomic E-state index is 0.0534. The largest absolute Gasteiger partial charge is 0.392 e. The smallest absolute Gasteiger partial charge is 0.0682 e. The Bertz CT molecular complexity index is 446. The average Bonchev–Trinajstić information content (AvgIpc) is 2.25. The lowest BCUT2D eigenvalue weighted by molar-refractivity contribution is 0.282. The fraction of sp³-hybridized carbons (Fsp3) is 0.429. The second kappa shape index (κ2) is 3.63. The third-order valence-corrected chi connectivity index (χ3v) is 3.46. The van der Waals surface area contributed by atoms with Crippen molar-refractivity contribution in [1.29, 1.82) is 0 Å². The van der Waals surface area contributed by atoms with Crippen LogP contribution in [0.25, 0.3) is 5.57 Å². The normalized spacial score (nSPS) is 18.1. The first-order valence-electron chi connectivity index (χ1n) is 5.63. The minimum atomic E-state index is 0.0534. The van der Waals surface area contributed by atoms with Gasteiger partial charge < -0.3 is 10.0 Å². The van der Waals surface area contributed by atoms with Crippen molar-refractivity contribution in [3.63, 3.8) is 0 Å². The Morgan fingerprint density at radius 3 is 2.62 bits per heavy atom. The molecule has 0 fully saturated rings. The second-order valence-corrected chi connectivity index (χ2v) is 5.05. The highest BCUT2D eigenvalue weighted by atomic mass is 16.3. The first-order valence-corrected chi connectivity index (χ1v) is 5.63. The van der Waals surface area contributed by atoms with Gasteiger partial charge in [-0.2, -0.15) is 0 Å². The van der Waals surface area contributed by atoms with Gasteiger partial charge in [-0.15, -0.1) is 0 Å². The molecule has 0 saturated heterocycles. The molecule has 0 unspecified atom stereocenters. The summed E-state index contributed by atoms with van der Waals surface area (Å²) in [4.78, 5) is 2.27. The summed E-state index contributed by atoms with van der Waals surface area (Å²) in [7, 11) is 2.11. The quantitative estimate of drug-likeness (QED) is 0.782. The fourth-order valence-corrected chi connectivity index (χ4v) is 2.30. The number of allylic oxidation sites excluding steroid dienone is 1. The third kappa shape index (κ3) is 1.63. The van der Waals surface area contributed by atoms with E-state index in [2.05, 4.69) is 50.9 Å². The Labute approximate surface area is 97.2 Å². The summed E-state index contributed by atoms with van der Waals surface area (Å²) in [6.45, 7) is 6.65. The first-order chi connectivity index (χ1) is 7.45. The number of anilines is 1. The lowest BCUT2D eigenvalue weighted by Crippen LogP contribution is -2.42. The molecule has 16 heavy (non-hydrogen) atoms. The Balaban J connectivity index is 2.59. The molecule has 86 valence electrons. The van der Waals surface area contributed by atoms with Gasteiger partial charge in [-0.25, -0.2) is 0 Å². The van der Waals surface area contributed by atoms with Gasteiger partial charge in [-0.3, -0.25) is 0 Å². The van der Waals surface area contributed by atoms with Crippen LogP contribution < -0.4 is 4.90 Å². The lowest BCUT2D eigenvalue weighted by atomic mass is 9.89. The predicted octanol–water partition coefficient (Wildman–Crippen LogP) is 2.81. The molecule has 1 aliphatic rings. The Kier molecular flexibility index (Phi) is 2.55. The molecule has 1 N–H and O–H groups in total. The van der Waals surface area contributed by atoms with Crippen LogP contribution in [0.1, 0.15) is 31.9 Å². The van der Waals surface area contributed by atoms with Gasteiger partial charge in [0.1, 0.15) is 0 Å². The molecule has 0 saturated carbocycles. The molecule has 1 aromatic rings. The second-order valence-electron chi connectivity index (χ2n) is 5.05. The molecular weight excluding hydrogens is 198 g/mol. The number of likely N-dealkylation sites (N-methyl/N-ethyl adjacent to an activating group) is 1. The summed E-state index contributed by atoms with van der Waals surface area (Å²) in [5, 5.41) is 9.16. The Morgan fingerprint density at radius 1 is 1.31 bits per heavy atom. The maximum atomic E-state index is 9.16. The summed E-state index contributed by atoms with van der Waals surface area (Å²) in [6, 6.07) is 6.16. The highest BCUT2D eigenvalue weighted by molar-refractivity contribution is 5.81. The van der Waals surface area contributed by atoms with Crippen LogP contribution in [0, 0.1) is 0 Å². The van der Waals surface area contributed by atoms with E-state index in [4.69, 9.17) is 5.11 Å². The molecular formula is C14H19NO. The van der Waals surface area contributed by atoms with Crippen molar-refractivity contribution < 1.29 is 5.11 Å². The molecule has 1 aliphatic heterocycles. The van der Waals surface area contributed by atoms with Crippen molar-refractivity contribution in [1.82, 2.24) is 0 Å². The van der Waals surface area contributed by atoms with Gasteiger partial charge in [-0.1, -0.05) is 12.1 Å². The number of fused-ring (bicyclic) bond motifs is 1. The van der Waals surface area contributed by atoms with Crippen molar-refractivity contribution in [2.24, 2.45) is 0 Å². The lowest BCUT2D eigenvalue weighted by Gasteiger charge is -2.40. The summed E-state index contributed by atoms with van der Waals surface area (Å²) in [6.07, 6.45) is 2.27. The minimum Gasteiger partial charge on any atom is -0.392 e. The maximum Gasteiger partial charge on any atom is 0.0682 e. The van der Waals surface area contributed by atoms with E-state index in [0.29, 0.717) is 0 Å². The molecule has 1 aromatic carbocycles. The van der Waals surface area contributed by atoms with Crippen LogP contribution in [0.15, 0.2) is 24.3 Å². The molecule has 0 aliphatic carbocycles. The summed E-state index contributed by atoms with van der Waals surface area (Å²) >= 11 is 0. The standard InChI is InChI=1S/C14H19NO/c1-10-8-14(2,3)15(4)13-6-5-11(9-16)7-12(10)13/h5-8,16H,9H2,1-4H3. The summed E-state index contributed by atoms with van der Waals surface area (Å²) in [5.41, 5.74) is 4.78. The molecule has 0 amide bonds. The van der Waals surface area contributed by atoms with Crippen molar-refractivity contribution >= 4 is 11.3 Å². The number of hydrogen-bond donors (Lipinski definition) is 1. The number of aliphatic hydroxyl groups is 1. The van der Waals surface area contributed by atoms with E-state index in [-0.39, 0.29) is 12.1 Å². The van der Waals surface area contributed by atoms with E-state index in [9.17, 15) is 0 Å². The van der Waals surface area contributed by atoms with E-state index in [1.165, 1.54) is 16.8 Å². The van der Waals surface area contributed by atoms with Gasteiger partial charge >= 0.3 is 0 Å². The van der Waals surface area contributed by atoms with E-state index in [0.717, 1.165) is 5.56 Å². The van der Waals surface area contributed by atoms with Crippen molar-refractivity contribution in [2.75, 3.05) is 11.9 Å². The molecule has 2 heteroatoms. The van der Waals surface area contributed by atoms with Crippen LogP contribution in [-0.4, -0.2) is 17.7 Å². The Hall–Kier alpha value is -1.28. The highest BCUT2D eigenvalue weighted by Crippen LogP contribution is 2.37. The number of aliphatic hydroxyl groups excluding tert-OH is 1. The Morgan fingerprint density at radius 2 is 2.00 bits per heavy atom. The first kappa shape index (κ1) is 11.2. The van der Waals surface area contributed by atoms with Gasteiger partial charge in [0, 0.05) is 18.3 Å². The number of nitrogens with zero attached hydrogens (tertiary/aromatic N) is 1. The van der Waals surface area contributed by atoms with E-state index < -0.39 is 0 Å². The van der Waals surface area contributed by atoms with Gasteiger partial charge in [0.15, 0.2) is 0 Å². The molecule has 0 aromatic heterocycles. The van der Waals surface area contributed by atoms with Crippen molar-refractivity contribution in [2.45, 2.75) is 32.9 Å². The van der Waals surface area contributed by atoms with Gasteiger partial charge in [0.05, 0.1) is 12.1 Å². The predicted molar refractivity (Wildman–Crippen MR) is 68.5 cm³/mol. The molecule has 2 nitrogen and oxygen atoms in total. The van der Waals surface area contributed by atoms with Crippen LogP contribution in [0.4, 0.5) is 5.69 Å². The zero-order valence-corrected chi connectivity index (χ0v) is 10.4. The van der Waals surface area contributed by atoms with Crippen LogP contribution in [-0.2, 0) is 6.61 Å². The molecule has 0 bridgehead atoms. The fourth-order valence-electron chi connectivity index (χ4n) is 2.30. The summed E-state index contributed by atoms with van der Waals surface area (Å²) < 4.78 is 0. The maximum absolute atomic E-state index is 9.16. The van der Waals surface area contributed by atoms with E-state index in [1.54, 1.807) is 0 Å². The van der Waals surface area contributed by atoms with Gasteiger partial charge in [0.25, 0.3) is 0 Å². The molecule has 0 atom stereocenters. The van der Waals surface area contributed by atoms with Crippen LogP contribution in [0.3, 0.4) is 0 Å². The average molecular weight is 217 g/mol. The number of rotatable bonds is 1. The number of hydrogen-bond acceptors (Lipinski definition) is 2. The van der Waals surface area contributed by atoms with Crippen LogP contribution in [0.5, 0.6) is 0 Å². The topological polar surface area (TPSA) is 23.5 Å². The van der Waals surface area contributed by atoms with Crippen LogP contribution in [0.2, 0.25) is 0 Å². The SMILES string of the molecule is CC1=CC(C)(C)N(C)c2ccc(CO)cc21. The third-order valence-electron chi connectivity index (χ3n) is 3.46. The van der Waals surface area contributed by atoms with Gasteiger partial charge in [-0.05, 0) is 44.0 Å². The molecule has 1 heterocycles. The summed E-state index contributed by atoms with van der Waals surface area (Å²) in [5.74, 6) is 0. The zero-order chi connectivity index (χ0) is 11.9. The van der Waals surface area contributed by atoms with Crippen LogP contribution >= 0.6 is 0 Å². The highest BCUT2D eigenvalue weighted by Gasteiger charge is 2.28. The monoisotopic (exact) mass is 217 g/mol. The van der Waals surface area contributed by atoms with Crippen molar-refractivity contribution in [3.8, 4) is 0 Å². The zero-order valence-electron chi connectivity index (χ0n) is 10.4. The molecule has 2 rings (SSSR count).